The number of anilines is 1. The van der Waals surface area contributed by atoms with Gasteiger partial charge in [0, 0.05) is 43.3 Å². The van der Waals surface area contributed by atoms with Crippen LogP contribution >= 0.6 is 11.3 Å². The van der Waals surface area contributed by atoms with Crippen LogP contribution in [-0.2, 0) is 27.8 Å². The molecule has 0 saturated carbocycles. The van der Waals surface area contributed by atoms with E-state index in [1.807, 2.05) is 44.2 Å². The van der Waals surface area contributed by atoms with Crippen molar-refractivity contribution in [1.82, 2.24) is 24.6 Å². The standard InChI is InChI=1S/C32H34N6O7S2/c1-21(2)18-38(27(14-22-6-4-3-5-7-22)28(39)17-35-32(41)44-19-24-16-34-20-46-24)47(42,43)25-8-9-26-29(15-25)45-31(36-26)37-30(40)23-10-12-33-13-11-23/h3-13,15-16,20-21,27-28,39H,14,17-19H2,1-2H3,(H,35,41)(H,36,37,40). The zero-order valence-electron chi connectivity index (χ0n) is 25.6. The van der Waals surface area contributed by atoms with Gasteiger partial charge in [0.05, 0.1) is 27.4 Å². The summed E-state index contributed by atoms with van der Waals surface area (Å²) in [7, 11) is -4.25. The molecule has 3 heterocycles. The monoisotopic (exact) mass is 678 g/mol. The highest BCUT2D eigenvalue weighted by molar-refractivity contribution is 7.89. The number of amides is 2. The number of oxazole rings is 1. The topological polar surface area (TPSA) is 177 Å². The zero-order valence-corrected chi connectivity index (χ0v) is 27.3. The lowest BCUT2D eigenvalue weighted by molar-refractivity contribution is 0.0786. The van der Waals surface area contributed by atoms with Gasteiger partial charge in [-0.2, -0.15) is 9.29 Å². The quantitative estimate of drug-likeness (QED) is 0.152. The number of hydrogen-bond acceptors (Lipinski definition) is 11. The van der Waals surface area contributed by atoms with Crippen LogP contribution in [0.15, 0.2) is 94.1 Å². The van der Waals surface area contributed by atoms with Crippen LogP contribution < -0.4 is 10.6 Å². The molecular weight excluding hydrogens is 645 g/mol. The summed E-state index contributed by atoms with van der Waals surface area (Å²) in [6.07, 6.45) is 2.67. The van der Waals surface area contributed by atoms with E-state index in [0.29, 0.717) is 11.1 Å². The number of ether oxygens (including phenoxy) is 1. The van der Waals surface area contributed by atoms with E-state index in [1.54, 1.807) is 11.7 Å². The normalized spacial score (nSPS) is 13.0. The van der Waals surface area contributed by atoms with Gasteiger partial charge in [-0.25, -0.2) is 13.2 Å². The van der Waals surface area contributed by atoms with Gasteiger partial charge in [0.25, 0.3) is 5.91 Å². The number of hydrogen-bond donors (Lipinski definition) is 3. The number of sulfonamides is 1. The first-order valence-electron chi connectivity index (χ1n) is 14.7. The maximum absolute atomic E-state index is 14.3. The third-order valence-corrected chi connectivity index (χ3v) is 9.70. The van der Waals surface area contributed by atoms with E-state index in [2.05, 4.69) is 25.6 Å². The number of aromatic nitrogens is 3. The van der Waals surface area contributed by atoms with E-state index in [4.69, 9.17) is 9.15 Å². The fourth-order valence-corrected chi connectivity index (χ4v) is 7.15. The van der Waals surface area contributed by atoms with Gasteiger partial charge in [0.2, 0.25) is 10.0 Å². The third-order valence-electron chi connectivity index (χ3n) is 7.06. The number of carbonyl (C=O) groups excluding carboxylic acids is 2. The molecule has 2 aromatic carbocycles. The second kappa shape index (κ2) is 15.3. The van der Waals surface area contributed by atoms with Gasteiger partial charge in [0.1, 0.15) is 12.1 Å². The molecule has 0 aliphatic carbocycles. The molecule has 0 aliphatic rings. The number of rotatable bonds is 14. The lowest BCUT2D eigenvalue weighted by atomic mass is 10.0. The number of fused-ring (bicyclic) bond motifs is 1. The Bertz CT molecular complexity index is 1890. The Morgan fingerprint density at radius 2 is 1.83 bits per heavy atom. The van der Waals surface area contributed by atoms with Crippen molar-refractivity contribution in [2.75, 3.05) is 18.4 Å². The summed E-state index contributed by atoms with van der Waals surface area (Å²) in [6.45, 7) is 3.59. The van der Waals surface area contributed by atoms with Crippen molar-refractivity contribution >= 4 is 50.5 Å². The molecular formula is C32H34N6O7S2. The van der Waals surface area contributed by atoms with Gasteiger partial charge < -0.3 is 19.6 Å². The van der Waals surface area contributed by atoms with Crippen molar-refractivity contribution < 1.29 is 32.3 Å². The maximum Gasteiger partial charge on any atom is 0.407 e. The number of nitrogens with one attached hydrogen (secondary N) is 2. The second-order valence-corrected chi connectivity index (χ2v) is 13.9. The molecule has 3 aromatic heterocycles. The van der Waals surface area contributed by atoms with E-state index in [9.17, 15) is 23.1 Å². The first kappa shape index (κ1) is 33.7. The number of nitrogens with zero attached hydrogens (tertiary/aromatic N) is 4. The van der Waals surface area contributed by atoms with E-state index in [0.717, 1.165) is 10.4 Å². The molecule has 15 heteroatoms. The van der Waals surface area contributed by atoms with Crippen LogP contribution in [-0.4, -0.2) is 70.0 Å². The highest BCUT2D eigenvalue weighted by atomic mass is 32.2. The van der Waals surface area contributed by atoms with Gasteiger partial charge in [-0.1, -0.05) is 44.2 Å². The van der Waals surface area contributed by atoms with Crippen molar-refractivity contribution in [3.8, 4) is 0 Å². The minimum Gasteiger partial charge on any atom is -0.444 e. The van der Waals surface area contributed by atoms with Crippen LogP contribution in [0.3, 0.4) is 0 Å². The minimum absolute atomic E-state index is 0.0210. The first-order chi connectivity index (χ1) is 22.6. The smallest absolute Gasteiger partial charge is 0.407 e. The Balaban J connectivity index is 1.40. The second-order valence-electron chi connectivity index (χ2n) is 11.1. The van der Waals surface area contributed by atoms with Gasteiger partial charge in [-0.15, -0.1) is 11.3 Å². The third kappa shape index (κ3) is 8.77. The van der Waals surface area contributed by atoms with Crippen LogP contribution in [0, 0.1) is 5.92 Å². The van der Waals surface area contributed by atoms with Gasteiger partial charge in [0.15, 0.2) is 5.58 Å². The molecule has 0 radical (unpaired) electrons. The minimum atomic E-state index is -4.25. The first-order valence-corrected chi connectivity index (χ1v) is 17.1. The molecule has 13 nitrogen and oxygen atoms in total. The molecule has 47 heavy (non-hydrogen) atoms. The van der Waals surface area contributed by atoms with Crippen LogP contribution in [0.4, 0.5) is 10.8 Å². The number of thiazole rings is 1. The molecule has 2 atom stereocenters. The van der Waals surface area contributed by atoms with Crippen LogP contribution in [0.25, 0.3) is 11.1 Å². The number of carbonyl (C=O) groups is 2. The fraction of sp³-hybridized carbons (Fsp3) is 0.281. The molecule has 246 valence electrons. The molecule has 0 aliphatic heterocycles. The lowest BCUT2D eigenvalue weighted by Crippen LogP contribution is -2.52. The summed E-state index contributed by atoms with van der Waals surface area (Å²) in [5.74, 6) is -0.578. The molecule has 5 aromatic rings. The fourth-order valence-electron chi connectivity index (χ4n) is 4.81. The number of benzene rings is 2. The SMILES string of the molecule is CC(C)CN(C(Cc1ccccc1)C(O)CNC(=O)OCc1cncs1)S(=O)(=O)c1ccc2nc(NC(=O)c3ccncc3)oc2c1. The largest absolute Gasteiger partial charge is 0.444 e. The van der Waals surface area contributed by atoms with Crippen LogP contribution in [0.5, 0.6) is 0 Å². The van der Waals surface area contributed by atoms with E-state index >= 15 is 0 Å². The Morgan fingerprint density at radius 1 is 1.06 bits per heavy atom. The molecule has 0 fully saturated rings. The van der Waals surface area contributed by atoms with Gasteiger partial charge >= 0.3 is 12.1 Å². The van der Waals surface area contributed by atoms with Crippen molar-refractivity contribution in [3.63, 3.8) is 0 Å². The number of alkyl carbamates (subject to hydrolysis) is 1. The van der Waals surface area contributed by atoms with E-state index in [-0.39, 0.29) is 48.5 Å². The molecule has 2 amide bonds. The number of aliphatic hydroxyl groups is 1. The van der Waals surface area contributed by atoms with Crippen molar-refractivity contribution in [2.24, 2.45) is 5.92 Å². The summed E-state index contributed by atoms with van der Waals surface area (Å²) < 4.78 is 40.9. The Kier molecular flexibility index (Phi) is 10.9. The zero-order chi connectivity index (χ0) is 33.4. The number of aliphatic hydroxyl groups excluding tert-OH is 1. The van der Waals surface area contributed by atoms with Gasteiger partial charge in [-0.3, -0.25) is 20.1 Å². The van der Waals surface area contributed by atoms with Crippen LogP contribution in [0.1, 0.15) is 34.6 Å². The summed E-state index contributed by atoms with van der Waals surface area (Å²) >= 11 is 1.34. The van der Waals surface area contributed by atoms with E-state index < -0.39 is 34.2 Å². The summed E-state index contributed by atoms with van der Waals surface area (Å²) in [5, 5.41) is 16.6. The van der Waals surface area contributed by atoms with Crippen LogP contribution in [0.2, 0.25) is 0 Å². The molecule has 0 saturated heterocycles. The predicted octanol–water partition coefficient (Wildman–Crippen LogP) is 4.48. The maximum atomic E-state index is 14.3. The Labute approximate surface area is 275 Å². The average molecular weight is 679 g/mol. The lowest BCUT2D eigenvalue weighted by Gasteiger charge is -2.35. The van der Waals surface area contributed by atoms with Gasteiger partial charge in [-0.05, 0) is 42.2 Å². The van der Waals surface area contributed by atoms with E-state index in [1.165, 1.54) is 58.4 Å². The summed E-state index contributed by atoms with van der Waals surface area (Å²) in [6, 6.07) is 15.4. The molecule has 3 N–H and O–H groups in total. The van der Waals surface area contributed by atoms with Crippen molar-refractivity contribution in [2.45, 2.75) is 43.9 Å². The molecule has 2 unspecified atom stereocenters. The average Bonchev–Trinajstić information content (AvgIpc) is 3.74. The summed E-state index contributed by atoms with van der Waals surface area (Å²) in [5.41, 5.74) is 3.26. The Hall–Kier alpha value is -4.70. The van der Waals surface area contributed by atoms with Crippen molar-refractivity contribution in [1.29, 1.82) is 0 Å². The molecule has 5 rings (SSSR count). The predicted molar refractivity (Wildman–Crippen MR) is 175 cm³/mol. The number of pyridine rings is 1. The summed E-state index contributed by atoms with van der Waals surface area (Å²) in [4.78, 5) is 37.8. The van der Waals surface area contributed by atoms with Crippen molar-refractivity contribution in [3.05, 3.63) is 101 Å². The Morgan fingerprint density at radius 3 is 2.53 bits per heavy atom. The highest BCUT2D eigenvalue weighted by Crippen LogP contribution is 2.28. The molecule has 0 spiro atoms. The molecule has 0 bridgehead atoms. The highest BCUT2D eigenvalue weighted by Gasteiger charge is 2.37.